The zero-order chi connectivity index (χ0) is 15.8. The van der Waals surface area contributed by atoms with Crippen LogP contribution in [0.4, 0.5) is 0 Å². The molecule has 0 aliphatic carbocycles. The summed E-state index contributed by atoms with van der Waals surface area (Å²) >= 11 is 5.92. The van der Waals surface area contributed by atoms with Crippen LogP contribution in [0.15, 0.2) is 24.3 Å². The van der Waals surface area contributed by atoms with Gasteiger partial charge in [-0.3, -0.25) is 9.69 Å². The Hall–Kier alpha value is -1.06. The second kappa shape index (κ2) is 9.16. The molecule has 0 unspecified atom stereocenters. The molecule has 1 aliphatic heterocycles. The van der Waals surface area contributed by atoms with Crippen molar-refractivity contribution in [3.05, 3.63) is 34.9 Å². The highest BCUT2D eigenvalue weighted by molar-refractivity contribution is 6.30. The minimum absolute atomic E-state index is 0.141. The van der Waals surface area contributed by atoms with Gasteiger partial charge in [-0.25, -0.2) is 0 Å². The van der Waals surface area contributed by atoms with Gasteiger partial charge in [0.15, 0.2) is 0 Å². The summed E-state index contributed by atoms with van der Waals surface area (Å²) in [5.74, 6) is 0.375. The number of hydrogen-bond acceptors (Lipinski definition) is 2. The minimum atomic E-state index is 0.141. The molecule has 1 amide bonds. The molecule has 1 atom stereocenters. The molecule has 0 saturated carbocycles. The van der Waals surface area contributed by atoms with E-state index >= 15 is 0 Å². The molecular formula is C18H27ClN2O. The standard InChI is InChI=1S/C18H27ClN2O/c1-2-3-4-11-20-18(22)16-6-5-12-21(14-16)13-15-7-9-17(19)10-8-15/h7-10,16H,2-6,11-14H2,1H3,(H,20,22)/t16-/m1/s1. The lowest BCUT2D eigenvalue weighted by Gasteiger charge is -2.32. The van der Waals surface area contributed by atoms with Crippen molar-refractivity contribution in [3.63, 3.8) is 0 Å². The van der Waals surface area contributed by atoms with E-state index in [4.69, 9.17) is 11.6 Å². The molecular weight excluding hydrogens is 296 g/mol. The number of likely N-dealkylation sites (tertiary alicyclic amines) is 1. The number of nitrogens with zero attached hydrogens (tertiary/aromatic N) is 1. The molecule has 4 heteroatoms. The van der Waals surface area contributed by atoms with Crippen LogP contribution in [-0.4, -0.2) is 30.4 Å². The second-order valence-corrected chi connectivity index (χ2v) is 6.64. The normalized spacial score (nSPS) is 19.1. The highest BCUT2D eigenvalue weighted by atomic mass is 35.5. The fourth-order valence-electron chi connectivity index (χ4n) is 2.99. The molecule has 122 valence electrons. The second-order valence-electron chi connectivity index (χ2n) is 6.20. The molecule has 1 saturated heterocycles. The van der Waals surface area contributed by atoms with Gasteiger partial charge in [0.05, 0.1) is 5.92 Å². The number of halogens is 1. The van der Waals surface area contributed by atoms with Gasteiger partial charge in [0, 0.05) is 24.7 Å². The van der Waals surface area contributed by atoms with Crippen LogP contribution in [0.1, 0.15) is 44.6 Å². The maximum atomic E-state index is 12.2. The third-order valence-electron chi connectivity index (χ3n) is 4.28. The molecule has 1 aliphatic rings. The smallest absolute Gasteiger partial charge is 0.224 e. The van der Waals surface area contributed by atoms with Crippen LogP contribution in [-0.2, 0) is 11.3 Å². The van der Waals surface area contributed by atoms with E-state index < -0.39 is 0 Å². The van der Waals surface area contributed by atoms with Gasteiger partial charge in [0.25, 0.3) is 0 Å². The number of benzene rings is 1. The van der Waals surface area contributed by atoms with Gasteiger partial charge in [-0.1, -0.05) is 43.5 Å². The number of unbranched alkanes of at least 4 members (excludes halogenated alkanes) is 2. The molecule has 0 bridgehead atoms. The third-order valence-corrected chi connectivity index (χ3v) is 4.53. The fraction of sp³-hybridized carbons (Fsp3) is 0.611. The van der Waals surface area contributed by atoms with Gasteiger partial charge < -0.3 is 5.32 Å². The van der Waals surface area contributed by atoms with Crippen LogP contribution in [0.3, 0.4) is 0 Å². The van der Waals surface area contributed by atoms with Crippen LogP contribution < -0.4 is 5.32 Å². The third kappa shape index (κ3) is 5.62. The molecule has 2 rings (SSSR count). The van der Waals surface area contributed by atoms with Crippen molar-refractivity contribution in [2.75, 3.05) is 19.6 Å². The summed E-state index contributed by atoms with van der Waals surface area (Å²) in [5.41, 5.74) is 1.26. The molecule has 1 N–H and O–H groups in total. The molecule has 3 nitrogen and oxygen atoms in total. The Morgan fingerprint density at radius 2 is 2.09 bits per heavy atom. The van der Waals surface area contributed by atoms with E-state index in [1.54, 1.807) is 0 Å². The van der Waals surface area contributed by atoms with Crippen LogP contribution in [0.25, 0.3) is 0 Å². The van der Waals surface area contributed by atoms with Gasteiger partial charge in [0.1, 0.15) is 0 Å². The first-order chi connectivity index (χ1) is 10.7. The van der Waals surface area contributed by atoms with E-state index in [1.807, 2.05) is 12.1 Å². The summed E-state index contributed by atoms with van der Waals surface area (Å²) in [6, 6.07) is 7.99. The topological polar surface area (TPSA) is 32.3 Å². The molecule has 0 spiro atoms. The van der Waals surface area contributed by atoms with Gasteiger partial charge in [-0.05, 0) is 43.5 Å². The SMILES string of the molecule is CCCCCNC(=O)[C@@H]1CCCN(Cc2ccc(Cl)cc2)C1. The molecule has 0 aromatic heterocycles. The first-order valence-electron chi connectivity index (χ1n) is 8.43. The number of carbonyl (C=O) groups is 1. The van der Waals surface area contributed by atoms with Crippen molar-refractivity contribution in [2.45, 2.75) is 45.6 Å². The van der Waals surface area contributed by atoms with Gasteiger partial charge in [-0.15, -0.1) is 0 Å². The van der Waals surface area contributed by atoms with Crippen molar-refractivity contribution in [3.8, 4) is 0 Å². The Bertz CT molecular complexity index is 461. The number of carbonyl (C=O) groups excluding carboxylic acids is 1. The molecule has 1 aromatic carbocycles. The summed E-state index contributed by atoms with van der Waals surface area (Å²) in [6.45, 7) is 5.83. The van der Waals surface area contributed by atoms with Gasteiger partial charge >= 0.3 is 0 Å². The highest BCUT2D eigenvalue weighted by Crippen LogP contribution is 2.19. The maximum absolute atomic E-state index is 12.2. The average molecular weight is 323 g/mol. The quantitative estimate of drug-likeness (QED) is 0.773. The Labute approximate surface area is 139 Å². The highest BCUT2D eigenvalue weighted by Gasteiger charge is 2.25. The summed E-state index contributed by atoms with van der Waals surface area (Å²) in [7, 11) is 0. The number of amides is 1. The zero-order valence-corrected chi connectivity index (χ0v) is 14.2. The number of piperidine rings is 1. The lowest BCUT2D eigenvalue weighted by molar-refractivity contribution is -0.126. The summed E-state index contributed by atoms with van der Waals surface area (Å²) in [6.07, 6.45) is 5.57. The van der Waals surface area contributed by atoms with E-state index in [1.165, 1.54) is 18.4 Å². The zero-order valence-electron chi connectivity index (χ0n) is 13.5. The van der Waals surface area contributed by atoms with Gasteiger partial charge in [-0.2, -0.15) is 0 Å². The minimum Gasteiger partial charge on any atom is -0.356 e. The lowest BCUT2D eigenvalue weighted by Crippen LogP contribution is -2.42. The van der Waals surface area contributed by atoms with E-state index in [2.05, 4.69) is 29.3 Å². The van der Waals surface area contributed by atoms with E-state index in [9.17, 15) is 4.79 Å². The van der Waals surface area contributed by atoms with Crippen molar-refractivity contribution >= 4 is 17.5 Å². The van der Waals surface area contributed by atoms with Crippen molar-refractivity contribution < 1.29 is 4.79 Å². The van der Waals surface area contributed by atoms with Crippen LogP contribution in [0, 0.1) is 5.92 Å². The Balaban J connectivity index is 1.78. The maximum Gasteiger partial charge on any atom is 0.224 e. The lowest BCUT2D eigenvalue weighted by atomic mass is 9.96. The molecule has 1 fully saturated rings. The Morgan fingerprint density at radius 3 is 2.82 bits per heavy atom. The predicted molar refractivity (Wildman–Crippen MR) is 92.0 cm³/mol. The van der Waals surface area contributed by atoms with E-state index in [0.29, 0.717) is 0 Å². The van der Waals surface area contributed by atoms with Crippen molar-refractivity contribution in [1.29, 1.82) is 0 Å². The summed E-state index contributed by atoms with van der Waals surface area (Å²) in [4.78, 5) is 14.6. The largest absolute Gasteiger partial charge is 0.356 e. The number of hydrogen-bond donors (Lipinski definition) is 1. The monoisotopic (exact) mass is 322 g/mol. The van der Waals surface area contributed by atoms with Gasteiger partial charge in [0.2, 0.25) is 5.91 Å². The molecule has 0 radical (unpaired) electrons. The predicted octanol–water partition coefficient (Wildman–Crippen LogP) is 3.86. The van der Waals surface area contributed by atoms with Crippen LogP contribution in [0.2, 0.25) is 5.02 Å². The number of nitrogens with one attached hydrogen (secondary N) is 1. The molecule has 22 heavy (non-hydrogen) atoms. The Kier molecular flexibility index (Phi) is 7.20. The van der Waals surface area contributed by atoms with E-state index in [0.717, 1.165) is 50.5 Å². The molecule has 1 heterocycles. The van der Waals surface area contributed by atoms with Crippen LogP contribution in [0.5, 0.6) is 0 Å². The first kappa shape index (κ1) is 17.3. The average Bonchev–Trinajstić information content (AvgIpc) is 2.54. The van der Waals surface area contributed by atoms with Crippen molar-refractivity contribution in [1.82, 2.24) is 10.2 Å². The summed E-state index contributed by atoms with van der Waals surface area (Å²) < 4.78 is 0. The summed E-state index contributed by atoms with van der Waals surface area (Å²) in [5, 5.41) is 3.87. The number of rotatable bonds is 7. The first-order valence-corrected chi connectivity index (χ1v) is 8.81. The molecule has 1 aromatic rings. The van der Waals surface area contributed by atoms with Crippen LogP contribution >= 0.6 is 11.6 Å². The van der Waals surface area contributed by atoms with Crippen molar-refractivity contribution in [2.24, 2.45) is 5.92 Å². The fourth-order valence-corrected chi connectivity index (χ4v) is 3.12. The Morgan fingerprint density at radius 1 is 1.32 bits per heavy atom. The van der Waals surface area contributed by atoms with E-state index in [-0.39, 0.29) is 11.8 Å².